The minimum atomic E-state index is 0.0924. The predicted molar refractivity (Wildman–Crippen MR) is 82.6 cm³/mol. The van der Waals surface area contributed by atoms with Crippen LogP contribution in [0.25, 0.3) is 10.8 Å². The van der Waals surface area contributed by atoms with Crippen LogP contribution in [0.1, 0.15) is 31.4 Å². The maximum atomic E-state index is 6.21. The summed E-state index contributed by atoms with van der Waals surface area (Å²) in [6.07, 6.45) is 1.94. The summed E-state index contributed by atoms with van der Waals surface area (Å²) in [5.74, 6) is 0. The fraction of sp³-hybridized carbons (Fsp3) is 0.250. The molecule has 2 heteroatoms. The molecule has 0 aliphatic rings. The Kier molecular flexibility index (Phi) is 4.20. The van der Waals surface area contributed by atoms with Crippen LogP contribution in [-0.2, 0) is 0 Å². The Bertz CT molecular complexity index is 574. The first-order valence-electron chi connectivity index (χ1n) is 6.15. The Balaban J connectivity index is 2.24. The molecular weight excluding hydrogens is 286 g/mol. The van der Waals surface area contributed by atoms with Gasteiger partial charge in [0.2, 0.25) is 0 Å². The summed E-state index contributed by atoms with van der Waals surface area (Å²) in [6, 6.07) is 12.8. The zero-order chi connectivity index (χ0) is 13.1. The molecule has 0 heterocycles. The monoisotopic (exact) mass is 303 g/mol. The van der Waals surface area contributed by atoms with Crippen molar-refractivity contribution in [2.75, 3.05) is 0 Å². The summed E-state index contributed by atoms with van der Waals surface area (Å²) in [5, 5.41) is 2.47. The van der Waals surface area contributed by atoms with E-state index in [-0.39, 0.29) is 6.04 Å². The molecule has 0 aliphatic heterocycles. The summed E-state index contributed by atoms with van der Waals surface area (Å²) in [4.78, 5) is 0. The van der Waals surface area contributed by atoms with E-state index in [1.807, 2.05) is 6.92 Å². The molecular formula is C16H18BrN. The SMILES string of the molecule is C=C(C)CCC(N)c1ccc2cc(Br)ccc2c1. The van der Waals surface area contributed by atoms with Gasteiger partial charge < -0.3 is 5.73 Å². The van der Waals surface area contributed by atoms with Crippen LogP contribution in [0.3, 0.4) is 0 Å². The molecule has 1 atom stereocenters. The highest BCUT2D eigenvalue weighted by Crippen LogP contribution is 2.25. The predicted octanol–water partition coefficient (Wildman–Crippen LogP) is 4.96. The van der Waals surface area contributed by atoms with Crippen molar-refractivity contribution in [2.24, 2.45) is 5.73 Å². The van der Waals surface area contributed by atoms with E-state index in [0.717, 1.165) is 17.3 Å². The average molecular weight is 304 g/mol. The van der Waals surface area contributed by atoms with Gasteiger partial charge in [-0.3, -0.25) is 0 Å². The largest absolute Gasteiger partial charge is 0.324 e. The fourth-order valence-electron chi connectivity index (χ4n) is 2.03. The first kappa shape index (κ1) is 13.3. The van der Waals surface area contributed by atoms with Gasteiger partial charge in [-0.05, 0) is 54.3 Å². The van der Waals surface area contributed by atoms with E-state index in [0.29, 0.717) is 0 Å². The molecule has 2 aromatic carbocycles. The number of benzene rings is 2. The average Bonchev–Trinajstić information content (AvgIpc) is 2.35. The van der Waals surface area contributed by atoms with E-state index in [4.69, 9.17) is 5.73 Å². The molecule has 2 N–H and O–H groups in total. The molecule has 0 aliphatic carbocycles. The minimum absolute atomic E-state index is 0.0924. The van der Waals surface area contributed by atoms with Gasteiger partial charge in [-0.15, -0.1) is 6.58 Å². The summed E-state index contributed by atoms with van der Waals surface area (Å²) < 4.78 is 1.11. The van der Waals surface area contributed by atoms with E-state index >= 15 is 0 Å². The van der Waals surface area contributed by atoms with Gasteiger partial charge in [-0.1, -0.05) is 39.7 Å². The molecule has 2 rings (SSSR count). The lowest BCUT2D eigenvalue weighted by atomic mass is 9.98. The van der Waals surface area contributed by atoms with Crippen molar-refractivity contribution in [2.45, 2.75) is 25.8 Å². The molecule has 94 valence electrons. The normalized spacial score (nSPS) is 12.6. The summed E-state index contributed by atoms with van der Waals surface area (Å²) in [5.41, 5.74) is 8.60. The molecule has 0 fully saturated rings. The number of nitrogens with two attached hydrogens (primary N) is 1. The van der Waals surface area contributed by atoms with Gasteiger partial charge in [0.15, 0.2) is 0 Å². The molecule has 0 amide bonds. The summed E-state index contributed by atoms with van der Waals surface area (Å²) in [7, 11) is 0. The lowest BCUT2D eigenvalue weighted by Gasteiger charge is -2.13. The number of hydrogen-bond donors (Lipinski definition) is 1. The highest BCUT2D eigenvalue weighted by Gasteiger charge is 2.06. The molecule has 0 saturated heterocycles. The molecule has 0 saturated carbocycles. The van der Waals surface area contributed by atoms with Crippen LogP contribution < -0.4 is 5.73 Å². The van der Waals surface area contributed by atoms with E-state index in [1.165, 1.54) is 21.9 Å². The quantitative estimate of drug-likeness (QED) is 0.794. The van der Waals surface area contributed by atoms with Crippen LogP contribution >= 0.6 is 15.9 Å². The van der Waals surface area contributed by atoms with Gasteiger partial charge in [0, 0.05) is 10.5 Å². The van der Waals surface area contributed by atoms with Gasteiger partial charge in [-0.25, -0.2) is 0 Å². The van der Waals surface area contributed by atoms with Crippen molar-refractivity contribution in [1.82, 2.24) is 0 Å². The van der Waals surface area contributed by atoms with Crippen LogP contribution in [0.2, 0.25) is 0 Å². The molecule has 1 nitrogen and oxygen atoms in total. The zero-order valence-electron chi connectivity index (χ0n) is 10.6. The van der Waals surface area contributed by atoms with Crippen LogP contribution in [0.15, 0.2) is 53.0 Å². The maximum Gasteiger partial charge on any atom is 0.0298 e. The van der Waals surface area contributed by atoms with Gasteiger partial charge >= 0.3 is 0 Å². The highest BCUT2D eigenvalue weighted by atomic mass is 79.9. The van der Waals surface area contributed by atoms with Crippen molar-refractivity contribution >= 4 is 26.7 Å². The number of fused-ring (bicyclic) bond motifs is 1. The molecule has 2 aromatic rings. The van der Waals surface area contributed by atoms with E-state index in [1.54, 1.807) is 0 Å². The number of allylic oxidation sites excluding steroid dienone is 1. The molecule has 0 radical (unpaired) electrons. The standard InChI is InChI=1S/C16H18BrN/c1-11(2)3-8-16(18)14-5-4-13-10-15(17)7-6-12(13)9-14/h4-7,9-10,16H,1,3,8,18H2,2H3. The second-order valence-electron chi connectivity index (χ2n) is 4.85. The van der Waals surface area contributed by atoms with E-state index < -0.39 is 0 Å². The first-order chi connectivity index (χ1) is 8.56. The van der Waals surface area contributed by atoms with Gasteiger partial charge in [0.25, 0.3) is 0 Å². The van der Waals surface area contributed by atoms with Crippen molar-refractivity contribution in [3.63, 3.8) is 0 Å². The number of halogens is 1. The zero-order valence-corrected chi connectivity index (χ0v) is 12.2. The van der Waals surface area contributed by atoms with Gasteiger partial charge in [0.05, 0.1) is 0 Å². The lowest BCUT2D eigenvalue weighted by Crippen LogP contribution is -2.10. The summed E-state index contributed by atoms with van der Waals surface area (Å²) >= 11 is 3.49. The third-order valence-corrected chi connectivity index (χ3v) is 3.63. The first-order valence-corrected chi connectivity index (χ1v) is 6.95. The molecule has 0 spiro atoms. The molecule has 0 bridgehead atoms. The number of rotatable bonds is 4. The fourth-order valence-corrected chi connectivity index (χ4v) is 2.41. The third kappa shape index (κ3) is 3.21. The van der Waals surface area contributed by atoms with Crippen molar-refractivity contribution in [1.29, 1.82) is 0 Å². The van der Waals surface area contributed by atoms with Gasteiger partial charge in [0.1, 0.15) is 0 Å². The number of hydrogen-bond acceptors (Lipinski definition) is 1. The van der Waals surface area contributed by atoms with Crippen LogP contribution in [-0.4, -0.2) is 0 Å². The third-order valence-electron chi connectivity index (χ3n) is 3.14. The second kappa shape index (κ2) is 5.68. The van der Waals surface area contributed by atoms with Crippen molar-refractivity contribution in [3.8, 4) is 0 Å². The van der Waals surface area contributed by atoms with Crippen LogP contribution in [0.5, 0.6) is 0 Å². The Morgan fingerprint density at radius 2 is 1.89 bits per heavy atom. The van der Waals surface area contributed by atoms with Crippen LogP contribution in [0.4, 0.5) is 0 Å². The summed E-state index contributed by atoms with van der Waals surface area (Å²) in [6.45, 7) is 5.97. The smallest absolute Gasteiger partial charge is 0.0298 e. The molecule has 0 aromatic heterocycles. The Morgan fingerprint density at radius 1 is 1.22 bits per heavy atom. The second-order valence-corrected chi connectivity index (χ2v) is 5.77. The lowest BCUT2D eigenvalue weighted by molar-refractivity contribution is 0.650. The Labute approximate surface area is 117 Å². The maximum absolute atomic E-state index is 6.21. The van der Waals surface area contributed by atoms with Crippen LogP contribution in [0, 0.1) is 0 Å². The van der Waals surface area contributed by atoms with E-state index in [2.05, 4.69) is 58.9 Å². The molecule has 18 heavy (non-hydrogen) atoms. The minimum Gasteiger partial charge on any atom is -0.324 e. The van der Waals surface area contributed by atoms with E-state index in [9.17, 15) is 0 Å². The van der Waals surface area contributed by atoms with Gasteiger partial charge in [-0.2, -0.15) is 0 Å². The van der Waals surface area contributed by atoms with Crippen molar-refractivity contribution < 1.29 is 0 Å². The van der Waals surface area contributed by atoms with Crippen molar-refractivity contribution in [3.05, 3.63) is 58.6 Å². The Hall–Kier alpha value is -1.12. The topological polar surface area (TPSA) is 26.0 Å². The Morgan fingerprint density at radius 3 is 2.61 bits per heavy atom. The molecule has 1 unspecified atom stereocenters. The highest BCUT2D eigenvalue weighted by molar-refractivity contribution is 9.10.